The number of esters is 1. The molecule has 0 spiro atoms. The van der Waals surface area contributed by atoms with Crippen molar-refractivity contribution in [2.24, 2.45) is 5.92 Å². The Bertz CT molecular complexity index is 187. The molecule has 1 atom stereocenters. The van der Waals surface area contributed by atoms with Crippen molar-refractivity contribution in [2.75, 3.05) is 6.61 Å². The van der Waals surface area contributed by atoms with Gasteiger partial charge >= 0.3 is 5.97 Å². The molecule has 2 nitrogen and oxygen atoms in total. The summed E-state index contributed by atoms with van der Waals surface area (Å²) in [5.74, 6) is 0.359. The molecule has 0 aliphatic heterocycles. The Kier molecular flexibility index (Phi) is 10.2. The Morgan fingerprint density at radius 2 is 2.06 bits per heavy atom. The van der Waals surface area contributed by atoms with Crippen LogP contribution >= 0.6 is 0 Å². The molecular formula is C14H26O2. The van der Waals surface area contributed by atoms with E-state index >= 15 is 0 Å². The van der Waals surface area contributed by atoms with Crippen LogP contribution in [0.25, 0.3) is 0 Å². The Morgan fingerprint density at radius 3 is 2.62 bits per heavy atom. The monoisotopic (exact) mass is 226 g/mol. The maximum atomic E-state index is 11.4. The first-order valence-corrected chi connectivity index (χ1v) is 6.51. The minimum absolute atomic E-state index is 0.0650. The van der Waals surface area contributed by atoms with Gasteiger partial charge in [0, 0.05) is 6.42 Å². The van der Waals surface area contributed by atoms with Crippen molar-refractivity contribution in [3.8, 4) is 0 Å². The SMILES string of the molecule is C=CCC(CCCCCC)CC(=O)OCC. The number of allylic oxidation sites excluding steroid dienone is 1. The average Bonchev–Trinajstić information content (AvgIpc) is 2.25. The van der Waals surface area contributed by atoms with Crippen molar-refractivity contribution in [3.05, 3.63) is 12.7 Å². The summed E-state index contributed by atoms with van der Waals surface area (Å²) in [6.07, 6.45) is 9.52. The van der Waals surface area contributed by atoms with Gasteiger partial charge in [-0.3, -0.25) is 4.79 Å². The third kappa shape index (κ3) is 8.51. The second-order valence-electron chi connectivity index (χ2n) is 4.25. The van der Waals surface area contributed by atoms with Crippen LogP contribution in [0.1, 0.15) is 58.8 Å². The lowest BCUT2D eigenvalue weighted by atomic mass is 9.94. The van der Waals surface area contributed by atoms with Gasteiger partial charge in [0.2, 0.25) is 0 Å². The third-order valence-corrected chi connectivity index (χ3v) is 2.73. The van der Waals surface area contributed by atoms with Gasteiger partial charge in [-0.2, -0.15) is 0 Å². The lowest BCUT2D eigenvalue weighted by Gasteiger charge is -2.13. The number of ether oxygens (including phenoxy) is 1. The molecule has 0 amide bonds. The molecule has 1 unspecified atom stereocenters. The van der Waals surface area contributed by atoms with E-state index in [9.17, 15) is 4.79 Å². The van der Waals surface area contributed by atoms with Gasteiger partial charge in [0.25, 0.3) is 0 Å². The van der Waals surface area contributed by atoms with Gasteiger partial charge in [0.15, 0.2) is 0 Å². The Morgan fingerprint density at radius 1 is 1.31 bits per heavy atom. The van der Waals surface area contributed by atoms with Crippen LogP contribution in [0.3, 0.4) is 0 Å². The fourth-order valence-electron chi connectivity index (χ4n) is 1.85. The maximum absolute atomic E-state index is 11.4. The smallest absolute Gasteiger partial charge is 0.306 e. The molecule has 0 bridgehead atoms. The molecule has 0 radical (unpaired) electrons. The number of carbonyl (C=O) groups is 1. The topological polar surface area (TPSA) is 26.3 Å². The highest BCUT2D eigenvalue weighted by Gasteiger charge is 2.12. The number of unbranched alkanes of at least 4 members (excludes halogenated alkanes) is 3. The molecule has 0 saturated carbocycles. The van der Waals surface area contributed by atoms with Gasteiger partial charge in [-0.15, -0.1) is 6.58 Å². The Balaban J connectivity index is 3.77. The van der Waals surface area contributed by atoms with Crippen molar-refractivity contribution in [2.45, 2.75) is 58.8 Å². The molecule has 2 heteroatoms. The van der Waals surface area contributed by atoms with Gasteiger partial charge in [-0.05, 0) is 25.7 Å². The molecule has 0 aromatic rings. The molecule has 0 aromatic heterocycles. The highest BCUT2D eigenvalue weighted by molar-refractivity contribution is 5.69. The van der Waals surface area contributed by atoms with Crippen LogP contribution in [0.15, 0.2) is 12.7 Å². The summed E-state index contributed by atoms with van der Waals surface area (Å²) in [4.78, 5) is 11.4. The van der Waals surface area contributed by atoms with E-state index < -0.39 is 0 Å². The number of rotatable bonds is 10. The number of hydrogen-bond donors (Lipinski definition) is 0. The highest BCUT2D eigenvalue weighted by Crippen LogP contribution is 2.19. The first-order chi connectivity index (χ1) is 7.74. The third-order valence-electron chi connectivity index (χ3n) is 2.73. The molecule has 94 valence electrons. The summed E-state index contributed by atoms with van der Waals surface area (Å²) in [6.45, 7) is 8.28. The molecule has 0 rings (SSSR count). The quantitative estimate of drug-likeness (QED) is 0.318. The van der Waals surface area contributed by atoms with Crippen LogP contribution in [0.2, 0.25) is 0 Å². The molecule has 0 aliphatic carbocycles. The second-order valence-corrected chi connectivity index (χ2v) is 4.25. The minimum atomic E-state index is -0.0650. The van der Waals surface area contributed by atoms with Crippen LogP contribution in [-0.2, 0) is 9.53 Å². The van der Waals surface area contributed by atoms with Crippen LogP contribution in [-0.4, -0.2) is 12.6 Å². The number of hydrogen-bond acceptors (Lipinski definition) is 2. The van der Waals surface area contributed by atoms with E-state index in [0.29, 0.717) is 18.9 Å². The molecule has 0 N–H and O–H groups in total. The summed E-state index contributed by atoms with van der Waals surface area (Å²) >= 11 is 0. The largest absolute Gasteiger partial charge is 0.466 e. The zero-order valence-electron chi connectivity index (χ0n) is 10.8. The molecule has 0 fully saturated rings. The van der Waals surface area contributed by atoms with Gasteiger partial charge in [0.1, 0.15) is 0 Å². The summed E-state index contributed by atoms with van der Waals surface area (Å²) in [5, 5.41) is 0. The van der Waals surface area contributed by atoms with Gasteiger partial charge in [-0.25, -0.2) is 0 Å². The Labute approximate surface area is 100 Å². The van der Waals surface area contributed by atoms with E-state index in [1.54, 1.807) is 0 Å². The Hall–Kier alpha value is -0.790. The predicted molar refractivity (Wildman–Crippen MR) is 68.3 cm³/mol. The number of carbonyl (C=O) groups excluding carboxylic acids is 1. The molecule has 16 heavy (non-hydrogen) atoms. The fourth-order valence-corrected chi connectivity index (χ4v) is 1.85. The maximum Gasteiger partial charge on any atom is 0.306 e. The van der Waals surface area contributed by atoms with Crippen molar-refractivity contribution in [1.82, 2.24) is 0 Å². The van der Waals surface area contributed by atoms with Gasteiger partial charge in [-0.1, -0.05) is 38.7 Å². The lowest BCUT2D eigenvalue weighted by molar-refractivity contribution is -0.144. The summed E-state index contributed by atoms with van der Waals surface area (Å²) < 4.78 is 4.97. The van der Waals surface area contributed by atoms with Crippen LogP contribution < -0.4 is 0 Å². The summed E-state index contributed by atoms with van der Waals surface area (Å²) in [7, 11) is 0. The first kappa shape index (κ1) is 15.2. The second kappa shape index (κ2) is 10.7. The highest BCUT2D eigenvalue weighted by atomic mass is 16.5. The normalized spacial score (nSPS) is 12.1. The first-order valence-electron chi connectivity index (χ1n) is 6.51. The van der Waals surface area contributed by atoms with Crippen LogP contribution in [0, 0.1) is 5.92 Å². The summed E-state index contributed by atoms with van der Waals surface area (Å²) in [6, 6.07) is 0. The van der Waals surface area contributed by atoms with E-state index in [4.69, 9.17) is 4.74 Å². The zero-order valence-corrected chi connectivity index (χ0v) is 10.8. The van der Waals surface area contributed by atoms with E-state index in [2.05, 4.69) is 13.5 Å². The predicted octanol–water partition coefficient (Wildman–Crippen LogP) is 4.10. The van der Waals surface area contributed by atoms with E-state index in [1.807, 2.05) is 13.0 Å². The molecule has 0 heterocycles. The van der Waals surface area contributed by atoms with Crippen LogP contribution in [0.5, 0.6) is 0 Å². The van der Waals surface area contributed by atoms with Crippen molar-refractivity contribution < 1.29 is 9.53 Å². The molecule has 0 aromatic carbocycles. The zero-order chi connectivity index (χ0) is 12.2. The van der Waals surface area contributed by atoms with Crippen molar-refractivity contribution in [3.63, 3.8) is 0 Å². The minimum Gasteiger partial charge on any atom is -0.466 e. The van der Waals surface area contributed by atoms with E-state index in [0.717, 1.165) is 12.8 Å². The average molecular weight is 226 g/mol. The van der Waals surface area contributed by atoms with Crippen LogP contribution in [0.4, 0.5) is 0 Å². The lowest BCUT2D eigenvalue weighted by Crippen LogP contribution is -2.11. The fraction of sp³-hybridized carbons (Fsp3) is 0.786. The summed E-state index contributed by atoms with van der Waals surface area (Å²) in [5.41, 5.74) is 0. The van der Waals surface area contributed by atoms with Gasteiger partial charge < -0.3 is 4.74 Å². The van der Waals surface area contributed by atoms with Crippen molar-refractivity contribution >= 4 is 5.97 Å². The standard InChI is InChI=1S/C14H26O2/c1-4-7-8-9-11-13(10-5-2)12-14(15)16-6-3/h5,13H,2,4,6-12H2,1,3H3. The van der Waals surface area contributed by atoms with E-state index in [-0.39, 0.29) is 5.97 Å². The van der Waals surface area contributed by atoms with Gasteiger partial charge in [0.05, 0.1) is 6.61 Å². The van der Waals surface area contributed by atoms with E-state index in [1.165, 1.54) is 25.7 Å². The molecular weight excluding hydrogens is 200 g/mol. The molecule has 0 aliphatic rings. The molecule has 0 saturated heterocycles. The van der Waals surface area contributed by atoms with Crippen molar-refractivity contribution in [1.29, 1.82) is 0 Å².